The van der Waals surface area contributed by atoms with E-state index in [1.54, 1.807) is 18.3 Å². The van der Waals surface area contributed by atoms with E-state index in [9.17, 15) is 9.59 Å². The Morgan fingerprint density at radius 1 is 0.744 bits per heavy atom. The lowest BCUT2D eigenvalue weighted by molar-refractivity contribution is 0.102. The van der Waals surface area contributed by atoms with Gasteiger partial charge in [-0.3, -0.25) is 9.78 Å². The van der Waals surface area contributed by atoms with Crippen LogP contribution in [-0.4, -0.2) is 30.1 Å². The molecule has 0 unspecified atom stereocenters. The van der Waals surface area contributed by atoms with Crippen molar-refractivity contribution >= 4 is 17.7 Å². The third-order valence-corrected chi connectivity index (χ3v) is 7.06. The van der Waals surface area contributed by atoms with Crippen molar-refractivity contribution in [2.45, 2.75) is 116 Å². The van der Waals surface area contributed by atoms with E-state index in [-0.39, 0.29) is 12.0 Å². The first-order valence-corrected chi connectivity index (χ1v) is 15.4. The second-order valence-corrected chi connectivity index (χ2v) is 10.5. The highest BCUT2D eigenvalue weighted by Crippen LogP contribution is 2.14. The zero-order valence-corrected chi connectivity index (χ0v) is 24.2. The van der Waals surface area contributed by atoms with Gasteiger partial charge in [0.1, 0.15) is 0 Å². The number of alkyl carbamates (subject to hydrolysis) is 1. The number of rotatable bonds is 22. The molecule has 6 nitrogen and oxygen atoms in total. The Morgan fingerprint density at radius 3 is 1.85 bits per heavy atom. The molecule has 0 radical (unpaired) electrons. The molecule has 2 N–H and O–H groups in total. The van der Waals surface area contributed by atoms with E-state index in [0.717, 1.165) is 18.4 Å². The first kappa shape index (κ1) is 32.3. The van der Waals surface area contributed by atoms with Crippen molar-refractivity contribution in [1.29, 1.82) is 0 Å². The van der Waals surface area contributed by atoms with Crippen molar-refractivity contribution in [3.05, 3.63) is 59.9 Å². The normalized spacial score (nSPS) is 10.8. The number of pyridine rings is 1. The number of unbranched alkanes of at least 4 members (excludes halogenated alkanes) is 15. The van der Waals surface area contributed by atoms with E-state index in [1.807, 2.05) is 24.3 Å². The van der Waals surface area contributed by atoms with Gasteiger partial charge in [-0.05, 0) is 36.2 Å². The second kappa shape index (κ2) is 22.0. The van der Waals surface area contributed by atoms with Crippen LogP contribution in [0, 0.1) is 0 Å². The Bertz CT molecular complexity index is 887. The molecule has 1 aromatic carbocycles. The molecule has 0 saturated carbocycles. The maximum Gasteiger partial charge on any atom is 0.407 e. The molecule has 216 valence electrons. The zero-order chi connectivity index (χ0) is 27.8. The molecule has 1 heterocycles. The number of nitrogens with zero attached hydrogens (tertiary/aromatic N) is 1. The average molecular weight is 538 g/mol. The fourth-order valence-corrected chi connectivity index (χ4v) is 4.63. The van der Waals surface area contributed by atoms with E-state index in [2.05, 4.69) is 22.5 Å². The van der Waals surface area contributed by atoms with E-state index >= 15 is 0 Å². The lowest BCUT2D eigenvalue weighted by Gasteiger charge is -2.08. The van der Waals surface area contributed by atoms with Crippen molar-refractivity contribution in [3.63, 3.8) is 0 Å². The number of benzene rings is 1. The lowest BCUT2D eigenvalue weighted by Crippen LogP contribution is -2.26. The van der Waals surface area contributed by atoms with Crippen LogP contribution in [0.1, 0.15) is 126 Å². The Balaban J connectivity index is 1.37. The van der Waals surface area contributed by atoms with Crippen LogP contribution in [0.4, 0.5) is 10.5 Å². The minimum absolute atomic E-state index is 0.194. The lowest BCUT2D eigenvalue weighted by atomic mass is 10.0. The molecule has 0 spiro atoms. The molecule has 1 aromatic heterocycles. The topological polar surface area (TPSA) is 80.3 Å². The van der Waals surface area contributed by atoms with Crippen LogP contribution < -0.4 is 10.6 Å². The quantitative estimate of drug-likeness (QED) is 0.147. The number of ether oxygens (including phenoxy) is 1. The SMILES string of the molecule is CCCCCCCCCCCCCCCCCCNC(=O)OCCc1ccc(NC(=O)c2cccnc2)cc1. The number of amides is 2. The van der Waals surface area contributed by atoms with Gasteiger partial charge in [-0.1, -0.05) is 115 Å². The summed E-state index contributed by atoms with van der Waals surface area (Å²) >= 11 is 0. The summed E-state index contributed by atoms with van der Waals surface area (Å²) in [5, 5.41) is 5.70. The van der Waals surface area contributed by atoms with Gasteiger partial charge in [0.25, 0.3) is 5.91 Å². The second-order valence-electron chi connectivity index (χ2n) is 10.5. The van der Waals surface area contributed by atoms with Gasteiger partial charge in [0.2, 0.25) is 0 Å². The summed E-state index contributed by atoms with van der Waals surface area (Å²) in [6.45, 7) is 3.27. The van der Waals surface area contributed by atoms with Crippen molar-refractivity contribution < 1.29 is 14.3 Å². The molecule has 0 aliphatic heterocycles. The monoisotopic (exact) mass is 537 g/mol. The van der Waals surface area contributed by atoms with E-state index in [1.165, 1.54) is 96.1 Å². The molecule has 2 rings (SSSR count). The van der Waals surface area contributed by atoms with Crippen LogP contribution in [0.5, 0.6) is 0 Å². The predicted octanol–water partition coefficient (Wildman–Crippen LogP) is 8.86. The third kappa shape index (κ3) is 16.6. The summed E-state index contributed by atoms with van der Waals surface area (Å²) in [7, 11) is 0. The summed E-state index contributed by atoms with van der Waals surface area (Å²) in [6.07, 6.45) is 24.9. The standard InChI is InChI=1S/C33H51N3O3/c1-2-3-4-5-6-7-8-9-10-11-12-13-14-15-16-17-26-35-33(38)39-27-24-29-20-22-31(23-21-29)36-32(37)30-19-18-25-34-28-30/h18-23,25,28H,2-17,24,26-27H2,1H3,(H,35,38)(H,36,37). The number of hydrogen-bond donors (Lipinski definition) is 2. The van der Waals surface area contributed by atoms with Crippen LogP contribution in [0.15, 0.2) is 48.8 Å². The van der Waals surface area contributed by atoms with Gasteiger partial charge in [-0.25, -0.2) is 4.79 Å². The van der Waals surface area contributed by atoms with Crippen molar-refractivity contribution in [1.82, 2.24) is 10.3 Å². The van der Waals surface area contributed by atoms with E-state index in [4.69, 9.17) is 4.74 Å². The predicted molar refractivity (Wildman–Crippen MR) is 161 cm³/mol. The Morgan fingerprint density at radius 2 is 1.31 bits per heavy atom. The van der Waals surface area contributed by atoms with Crippen molar-refractivity contribution in [2.24, 2.45) is 0 Å². The van der Waals surface area contributed by atoms with Crippen molar-refractivity contribution in [3.8, 4) is 0 Å². The number of nitrogens with one attached hydrogen (secondary N) is 2. The summed E-state index contributed by atoms with van der Waals surface area (Å²) < 4.78 is 5.30. The first-order chi connectivity index (χ1) is 19.2. The van der Waals surface area contributed by atoms with Gasteiger partial charge >= 0.3 is 6.09 Å². The molecule has 0 aliphatic rings. The zero-order valence-electron chi connectivity index (χ0n) is 24.2. The molecule has 2 amide bonds. The average Bonchev–Trinajstić information content (AvgIpc) is 2.96. The summed E-state index contributed by atoms with van der Waals surface area (Å²) in [6, 6.07) is 11.0. The number of hydrogen-bond acceptors (Lipinski definition) is 4. The third-order valence-electron chi connectivity index (χ3n) is 7.06. The number of aromatic nitrogens is 1. The minimum Gasteiger partial charge on any atom is -0.449 e. The first-order valence-electron chi connectivity index (χ1n) is 15.4. The van der Waals surface area contributed by atoms with Crippen LogP contribution in [-0.2, 0) is 11.2 Å². The maximum atomic E-state index is 12.2. The molecule has 0 bridgehead atoms. The van der Waals surface area contributed by atoms with Crippen molar-refractivity contribution in [2.75, 3.05) is 18.5 Å². The molecule has 6 heteroatoms. The highest BCUT2D eigenvalue weighted by molar-refractivity contribution is 6.03. The Kier molecular flexibility index (Phi) is 18.2. The van der Waals surface area contributed by atoms with Gasteiger partial charge in [0, 0.05) is 31.0 Å². The maximum absolute atomic E-state index is 12.2. The Hall–Kier alpha value is -2.89. The molecular formula is C33H51N3O3. The number of carbonyl (C=O) groups is 2. The molecule has 39 heavy (non-hydrogen) atoms. The van der Waals surface area contributed by atoms with Crippen LogP contribution in [0.2, 0.25) is 0 Å². The summed E-state index contributed by atoms with van der Waals surface area (Å²) in [5.41, 5.74) is 2.27. The molecular weight excluding hydrogens is 486 g/mol. The fraction of sp³-hybridized carbons (Fsp3) is 0.606. The van der Waals surface area contributed by atoms with Gasteiger partial charge < -0.3 is 15.4 Å². The number of carbonyl (C=O) groups excluding carboxylic acids is 2. The van der Waals surface area contributed by atoms with Gasteiger partial charge in [0.05, 0.1) is 12.2 Å². The number of anilines is 1. The van der Waals surface area contributed by atoms with Crippen LogP contribution in [0.3, 0.4) is 0 Å². The molecule has 0 fully saturated rings. The van der Waals surface area contributed by atoms with E-state index < -0.39 is 0 Å². The minimum atomic E-state index is -0.351. The fourth-order valence-electron chi connectivity index (χ4n) is 4.63. The molecule has 0 saturated heterocycles. The highest BCUT2D eigenvalue weighted by Gasteiger charge is 2.06. The largest absolute Gasteiger partial charge is 0.449 e. The molecule has 2 aromatic rings. The van der Waals surface area contributed by atoms with Gasteiger partial charge in [-0.15, -0.1) is 0 Å². The highest BCUT2D eigenvalue weighted by atomic mass is 16.5. The summed E-state index contributed by atoms with van der Waals surface area (Å²) in [5.74, 6) is -0.194. The Labute approximate surface area is 236 Å². The van der Waals surface area contributed by atoms with Gasteiger partial charge in [-0.2, -0.15) is 0 Å². The van der Waals surface area contributed by atoms with Crippen LogP contribution >= 0.6 is 0 Å². The van der Waals surface area contributed by atoms with E-state index in [0.29, 0.717) is 30.8 Å². The molecule has 0 aliphatic carbocycles. The summed E-state index contributed by atoms with van der Waals surface area (Å²) in [4.78, 5) is 28.1. The smallest absolute Gasteiger partial charge is 0.407 e. The van der Waals surface area contributed by atoms with Crippen LogP contribution in [0.25, 0.3) is 0 Å². The molecule has 0 atom stereocenters. The van der Waals surface area contributed by atoms with Gasteiger partial charge in [0.15, 0.2) is 0 Å².